The number of para-hydroxylation sites is 1. The summed E-state index contributed by atoms with van der Waals surface area (Å²) in [7, 11) is 1.53. The van der Waals surface area contributed by atoms with Crippen molar-refractivity contribution in [1.29, 1.82) is 0 Å². The third-order valence-corrected chi connectivity index (χ3v) is 7.20. The molecule has 2 fully saturated rings. The zero-order chi connectivity index (χ0) is 23.6. The molecule has 1 saturated carbocycles. The van der Waals surface area contributed by atoms with Crippen molar-refractivity contribution in [2.75, 3.05) is 26.9 Å². The molecule has 3 N–H and O–H groups in total. The minimum Gasteiger partial charge on any atom is -0.491 e. The number of benzene rings is 2. The predicted octanol–water partition coefficient (Wildman–Crippen LogP) is 2.43. The average molecular weight is 461 g/mol. The number of amides is 2. The highest BCUT2D eigenvalue weighted by atomic mass is 16.5. The summed E-state index contributed by atoms with van der Waals surface area (Å²) < 4.78 is 12.6. The Kier molecular flexibility index (Phi) is 4.63. The first-order valence-corrected chi connectivity index (χ1v) is 11.2. The topological polar surface area (TPSA) is 119 Å². The molecule has 9 heteroatoms. The van der Waals surface area contributed by atoms with E-state index < -0.39 is 6.09 Å². The van der Waals surface area contributed by atoms with Gasteiger partial charge in [0.25, 0.3) is 11.8 Å². The number of nitrogens with zero attached hydrogens (tertiary/aromatic N) is 1. The van der Waals surface area contributed by atoms with Crippen LogP contribution < -0.4 is 15.4 Å². The highest BCUT2D eigenvalue weighted by Crippen LogP contribution is 2.45. The second-order valence-electron chi connectivity index (χ2n) is 9.00. The average Bonchev–Trinajstić information content (AvgIpc) is 3.28. The van der Waals surface area contributed by atoms with E-state index in [9.17, 15) is 19.5 Å². The molecule has 3 aliphatic rings. The van der Waals surface area contributed by atoms with Gasteiger partial charge in [0, 0.05) is 53.6 Å². The number of aromatic nitrogens is 1. The van der Waals surface area contributed by atoms with Crippen LogP contribution >= 0.6 is 0 Å². The Morgan fingerprint density at radius 1 is 1.03 bits per heavy atom. The molecule has 3 heterocycles. The van der Waals surface area contributed by atoms with Crippen LogP contribution in [-0.4, -0.2) is 60.5 Å². The molecule has 0 spiro atoms. The van der Waals surface area contributed by atoms with Crippen LogP contribution in [-0.2, 0) is 4.74 Å². The van der Waals surface area contributed by atoms with Crippen molar-refractivity contribution in [2.24, 2.45) is 11.8 Å². The molecule has 4 atom stereocenters. The lowest BCUT2D eigenvalue weighted by molar-refractivity contribution is 0.0928. The minimum atomic E-state index is -1.08. The highest BCUT2D eigenvalue weighted by molar-refractivity contribution is 6.03. The molecule has 3 unspecified atom stereocenters. The molecule has 1 saturated heterocycles. The summed E-state index contributed by atoms with van der Waals surface area (Å²) in [5, 5.41) is 16.2. The molecule has 2 aliphatic heterocycles. The molecule has 0 radical (unpaired) electrons. The zero-order valence-corrected chi connectivity index (χ0v) is 18.4. The maximum Gasteiger partial charge on any atom is 0.416 e. The summed E-state index contributed by atoms with van der Waals surface area (Å²) in [5.41, 5.74) is 2.70. The molecule has 2 amide bonds. The normalized spacial score (nSPS) is 24.3. The van der Waals surface area contributed by atoms with Gasteiger partial charge in [-0.1, -0.05) is 18.2 Å². The van der Waals surface area contributed by atoms with Gasteiger partial charge in [0.1, 0.15) is 5.75 Å². The summed E-state index contributed by atoms with van der Waals surface area (Å²) in [6, 6.07) is 10.7. The number of fused-ring (bicyclic) bond motifs is 3. The van der Waals surface area contributed by atoms with Crippen molar-refractivity contribution in [1.82, 2.24) is 15.2 Å². The van der Waals surface area contributed by atoms with E-state index in [1.54, 1.807) is 30.5 Å². The van der Waals surface area contributed by atoms with Gasteiger partial charge in [-0.3, -0.25) is 14.2 Å². The highest BCUT2D eigenvalue weighted by Gasteiger charge is 2.54. The van der Waals surface area contributed by atoms with Gasteiger partial charge in [-0.15, -0.1) is 0 Å². The van der Waals surface area contributed by atoms with Gasteiger partial charge in [0.15, 0.2) is 0 Å². The molecule has 9 nitrogen and oxygen atoms in total. The maximum atomic E-state index is 13.1. The van der Waals surface area contributed by atoms with Crippen molar-refractivity contribution in [3.63, 3.8) is 0 Å². The molecule has 1 aliphatic carbocycles. The fraction of sp³-hybridized carbons (Fsp3) is 0.320. The molecule has 2 aromatic carbocycles. The third kappa shape index (κ3) is 3.07. The maximum absolute atomic E-state index is 13.1. The van der Waals surface area contributed by atoms with Crippen LogP contribution in [0.25, 0.3) is 10.9 Å². The molecule has 1 aromatic heterocycles. The number of carbonyl (C=O) groups is 3. The Balaban J connectivity index is 1.43. The van der Waals surface area contributed by atoms with E-state index >= 15 is 0 Å². The molecule has 34 heavy (non-hydrogen) atoms. The number of ether oxygens (including phenoxy) is 2. The van der Waals surface area contributed by atoms with Gasteiger partial charge in [-0.2, -0.15) is 0 Å². The Morgan fingerprint density at radius 2 is 1.79 bits per heavy atom. The van der Waals surface area contributed by atoms with Crippen molar-refractivity contribution in [3.8, 4) is 5.75 Å². The van der Waals surface area contributed by atoms with Crippen LogP contribution in [0.2, 0.25) is 0 Å². The summed E-state index contributed by atoms with van der Waals surface area (Å²) in [4.78, 5) is 37.6. The van der Waals surface area contributed by atoms with Crippen LogP contribution in [0.4, 0.5) is 4.79 Å². The summed E-state index contributed by atoms with van der Waals surface area (Å²) in [5.74, 6) is 0.210. The first-order chi connectivity index (χ1) is 16.5. The van der Waals surface area contributed by atoms with Crippen LogP contribution in [0.5, 0.6) is 5.75 Å². The van der Waals surface area contributed by atoms with Crippen molar-refractivity contribution in [3.05, 3.63) is 64.8 Å². The predicted molar refractivity (Wildman–Crippen MR) is 122 cm³/mol. The number of hydrogen-bond acceptors (Lipinski definition) is 5. The first-order valence-electron chi connectivity index (χ1n) is 11.2. The molecule has 174 valence electrons. The quantitative estimate of drug-likeness (QED) is 0.549. The van der Waals surface area contributed by atoms with Gasteiger partial charge < -0.3 is 25.2 Å². The number of hydrogen-bond donors (Lipinski definition) is 3. The lowest BCUT2D eigenvalue weighted by atomic mass is 9.90. The van der Waals surface area contributed by atoms with Gasteiger partial charge in [-0.05, 0) is 23.8 Å². The molecule has 0 bridgehead atoms. The number of carboxylic acid groups (broad SMARTS) is 1. The second-order valence-corrected chi connectivity index (χ2v) is 9.00. The smallest absolute Gasteiger partial charge is 0.416 e. The molecule has 3 aromatic rings. The monoisotopic (exact) mass is 461 g/mol. The Labute approximate surface area is 194 Å². The van der Waals surface area contributed by atoms with Crippen molar-refractivity contribution in [2.45, 2.75) is 12.0 Å². The number of rotatable bonds is 4. The van der Waals surface area contributed by atoms with Gasteiger partial charge in [-0.25, -0.2) is 4.79 Å². The van der Waals surface area contributed by atoms with E-state index in [4.69, 9.17) is 9.47 Å². The van der Waals surface area contributed by atoms with E-state index in [0.717, 1.165) is 10.9 Å². The van der Waals surface area contributed by atoms with E-state index in [2.05, 4.69) is 10.6 Å². The largest absolute Gasteiger partial charge is 0.491 e. The Hall–Kier alpha value is -3.85. The Bertz CT molecular complexity index is 1350. The summed E-state index contributed by atoms with van der Waals surface area (Å²) in [6.45, 7) is 1.56. The van der Waals surface area contributed by atoms with Crippen molar-refractivity contribution < 1.29 is 29.0 Å². The van der Waals surface area contributed by atoms with E-state index in [-0.39, 0.29) is 35.9 Å². The number of nitrogens with one attached hydrogen (secondary N) is 2. The number of carbonyl (C=O) groups excluding carboxylic acids is 2. The molecule has 6 rings (SSSR count). The SMILES string of the molecule is CNC(=O)c1cc(C(=O)NC2C3COC[C@@H]32)cc2c1OCC2c1cn(C(=O)O)c2ccccc12. The van der Waals surface area contributed by atoms with Gasteiger partial charge in [0.2, 0.25) is 0 Å². The lowest BCUT2D eigenvalue weighted by Crippen LogP contribution is -2.30. The van der Waals surface area contributed by atoms with Crippen LogP contribution in [0.15, 0.2) is 42.6 Å². The van der Waals surface area contributed by atoms with E-state index in [1.807, 2.05) is 12.1 Å². The van der Waals surface area contributed by atoms with Crippen LogP contribution in [0, 0.1) is 11.8 Å². The fourth-order valence-corrected chi connectivity index (χ4v) is 5.35. The summed E-state index contributed by atoms with van der Waals surface area (Å²) in [6.07, 6.45) is 0.508. The standard InChI is InChI=1S/C25H23N3O6/c1-26-24(30)15-7-12(23(29)27-21-18-9-33-10-19(18)21)6-14-17(11-34-22(14)15)16-8-28(25(31)32)20-5-3-2-4-13(16)20/h2-8,17-19,21H,9-11H2,1H3,(H,26,30)(H,27,29)(H,31,32)/t17?,18-,19?,21?/m0/s1. The third-order valence-electron chi connectivity index (χ3n) is 7.20. The van der Waals surface area contributed by atoms with E-state index in [0.29, 0.717) is 47.4 Å². The zero-order valence-electron chi connectivity index (χ0n) is 18.4. The van der Waals surface area contributed by atoms with Crippen molar-refractivity contribution >= 4 is 28.8 Å². The Morgan fingerprint density at radius 3 is 2.53 bits per heavy atom. The lowest BCUT2D eigenvalue weighted by Gasteiger charge is -2.13. The van der Waals surface area contributed by atoms with Gasteiger partial charge in [0.05, 0.1) is 30.9 Å². The van der Waals surface area contributed by atoms with E-state index in [1.165, 1.54) is 11.6 Å². The fourth-order valence-electron chi connectivity index (χ4n) is 5.35. The minimum absolute atomic E-state index is 0.0959. The molecular weight excluding hydrogens is 438 g/mol. The second kappa shape index (κ2) is 7.59. The molecular formula is C25H23N3O6. The van der Waals surface area contributed by atoms with Crippen LogP contribution in [0.3, 0.4) is 0 Å². The van der Waals surface area contributed by atoms with Crippen LogP contribution in [0.1, 0.15) is 37.8 Å². The van der Waals surface area contributed by atoms with Gasteiger partial charge >= 0.3 is 6.09 Å². The summed E-state index contributed by atoms with van der Waals surface area (Å²) >= 11 is 0. The first kappa shape index (κ1) is 20.7.